The Bertz CT molecular complexity index is 2260. The molecule has 2 aromatic heterocycles. The second-order valence-electron chi connectivity index (χ2n) is 15.4. The monoisotopic (exact) mass is 732 g/mol. The lowest BCUT2D eigenvalue weighted by Crippen LogP contribution is -2.53. The van der Waals surface area contributed by atoms with Crippen molar-refractivity contribution in [1.29, 1.82) is 0 Å². The number of methoxy groups -OCH3 is 2. The number of carbonyl (C=O) groups excluding carboxylic acids is 4. The van der Waals surface area contributed by atoms with Crippen LogP contribution in [-0.4, -0.2) is 82.2 Å². The van der Waals surface area contributed by atoms with Gasteiger partial charge >= 0.3 is 0 Å². The Morgan fingerprint density at radius 3 is 2.24 bits per heavy atom. The maximum absolute atomic E-state index is 13.5. The van der Waals surface area contributed by atoms with Gasteiger partial charge in [-0.2, -0.15) is 0 Å². The van der Waals surface area contributed by atoms with Crippen molar-refractivity contribution in [2.24, 2.45) is 7.05 Å². The lowest BCUT2D eigenvalue weighted by Gasteiger charge is -2.39. The van der Waals surface area contributed by atoms with Gasteiger partial charge in [0.2, 0.25) is 0 Å². The molecule has 4 heterocycles. The molecule has 1 saturated heterocycles. The largest absolute Gasteiger partial charge is 0.496 e. The number of likely N-dealkylation sites (tertiary alicyclic amines) is 1. The molecule has 2 aliphatic carbocycles. The number of Topliss-reactive ketones (excluding diaryl/α,β-unsaturated/α-hetero) is 2. The van der Waals surface area contributed by atoms with E-state index in [1.54, 1.807) is 50.2 Å². The Morgan fingerprint density at radius 1 is 0.833 bits per heavy atom. The van der Waals surface area contributed by atoms with Crippen LogP contribution in [0.25, 0.3) is 21.9 Å². The molecule has 0 N–H and O–H groups in total. The van der Waals surface area contributed by atoms with Crippen LogP contribution in [0, 0.1) is 0 Å². The van der Waals surface area contributed by atoms with E-state index in [4.69, 9.17) is 14.2 Å². The zero-order valence-corrected chi connectivity index (χ0v) is 31.1. The average molecular weight is 733 g/mol. The Kier molecular flexibility index (Phi) is 9.12. The summed E-state index contributed by atoms with van der Waals surface area (Å²) in [4.78, 5) is 73.2. The number of aromatic nitrogens is 2. The number of ether oxygens (including phenoxy) is 3. The van der Waals surface area contributed by atoms with Crippen molar-refractivity contribution in [2.75, 3.05) is 27.3 Å². The van der Waals surface area contributed by atoms with Crippen molar-refractivity contribution in [2.45, 2.75) is 82.4 Å². The topological polar surface area (TPSA) is 137 Å². The molecule has 1 unspecified atom stereocenters. The molecule has 4 aliphatic rings. The number of nitrogens with zero attached hydrogens (tertiary/aromatic N) is 4. The number of pyridine rings is 2. The number of ketones is 2. The Labute approximate surface area is 313 Å². The van der Waals surface area contributed by atoms with Crippen LogP contribution in [0.4, 0.5) is 0 Å². The number of benzene rings is 2. The minimum atomic E-state index is -0.936. The summed E-state index contributed by atoms with van der Waals surface area (Å²) in [5.74, 6) is 0.632. The van der Waals surface area contributed by atoms with E-state index in [1.807, 2.05) is 18.3 Å². The van der Waals surface area contributed by atoms with Crippen molar-refractivity contribution in [3.8, 4) is 28.4 Å². The Morgan fingerprint density at radius 2 is 1.54 bits per heavy atom. The third-order valence-electron chi connectivity index (χ3n) is 11.6. The van der Waals surface area contributed by atoms with Gasteiger partial charge in [-0.15, -0.1) is 0 Å². The smallest absolute Gasteiger partial charge is 0.262 e. The summed E-state index contributed by atoms with van der Waals surface area (Å²) in [6.07, 6.45) is 7.75. The zero-order chi connectivity index (χ0) is 37.9. The molecule has 280 valence electrons. The van der Waals surface area contributed by atoms with Crippen LogP contribution in [0.1, 0.15) is 90.3 Å². The summed E-state index contributed by atoms with van der Waals surface area (Å²) in [7, 11) is 5.01. The quantitative estimate of drug-likeness (QED) is 0.206. The lowest BCUT2D eigenvalue weighted by atomic mass is 9.96. The first-order valence-electron chi connectivity index (χ1n) is 18.7. The number of hydrogen-bond donors (Lipinski definition) is 0. The fraction of sp³-hybridized carbons (Fsp3) is 0.429. The highest BCUT2D eigenvalue weighted by atomic mass is 16.5. The summed E-state index contributed by atoms with van der Waals surface area (Å²) < 4.78 is 19.7. The molecule has 2 saturated carbocycles. The van der Waals surface area contributed by atoms with Crippen LogP contribution in [-0.2, 0) is 28.6 Å². The summed E-state index contributed by atoms with van der Waals surface area (Å²) >= 11 is 0. The maximum atomic E-state index is 13.5. The number of carbonyl (C=O) groups is 4. The van der Waals surface area contributed by atoms with E-state index in [1.165, 1.54) is 0 Å². The van der Waals surface area contributed by atoms with E-state index in [2.05, 4.69) is 22.9 Å². The van der Waals surface area contributed by atoms with Gasteiger partial charge in [0.15, 0.2) is 5.78 Å². The fourth-order valence-electron chi connectivity index (χ4n) is 8.04. The molecule has 12 nitrogen and oxygen atoms in total. The lowest BCUT2D eigenvalue weighted by molar-refractivity contribution is -0.123. The van der Waals surface area contributed by atoms with Gasteiger partial charge in [0.05, 0.1) is 42.3 Å². The maximum Gasteiger partial charge on any atom is 0.262 e. The number of hydrogen-bond acceptors (Lipinski definition) is 10. The van der Waals surface area contributed by atoms with Crippen LogP contribution < -0.4 is 19.8 Å². The molecule has 2 aliphatic heterocycles. The second-order valence-corrected chi connectivity index (χ2v) is 15.4. The van der Waals surface area contributed by atoms with Crippen LogP contribution in [0.2, 0.25) is 0 Å². The predicted molar refractivity (Wildman–Crippen MR) is 200 cm³/mol. The third-order valence-corrected chi connectivity index (χ3v) is 11.6. The number of fused-ring (bicyclic) bond motifs is 2. The van der Waals surface area contributed by atoms with Gasteiger partial charge in [-0.25, -0.2) is 0 Å². The number of amides is 2. The number of aryl methyl sites for hydroxylation is 1. The highest BCUT2D eigenvalue weighted by Gasteiger charge is 2.43. The second kappa shape index (κ2) is 13.8. The fourth-order valence-corrected chi connectivity index (χ4v) is 8.04. The van der Waals surface area contributed by atoms with Crippen LogP contribution in [0.15, 0.2) is 53.6 Å². The number of imide groups is 1. The molecule has 4 aromatic rings. The third kappa shape index (κ3) is 6.36. The highest BCUT2D eigenvalue weighted by Crippen LogP contribution is 2.48. The van der Waals surface area contributed by atoms with Gasteiger partial charge in [-0.1, -0.05) is 6.92 Å². The van der Waals surface area contributed by atoms with Crippen molar-refractivity contribution in [3.05, 3.63) is 81.5 Å². The molecule has 54 heavy (non-hydrogen) atoms. The van der Waals surface area contributed by atoms with Gasteiger partial charge in [0.25, 0.3) is 17.4 Å². The molecule has 2 amide bonds. The van der Waals surface area contributed by atoms with E-state index in [0.717, 1.165) is 45.5 Å². The van der Waals surface area contributed by atoms with Crippen LogP contribution in [0.3, 0.4) is 0 Å². The Hall–Kier alpha value is -5.36. The van der Waals surface area contributed by atoms with Crippen molar-refractivity contribution in [3.63, 3.8) is 0 Å². The van der Waals surface area contributed by atoms with E-state index in [9.17, 15) is 24.0 Å². The van der Waals surface area contributed by atoms with Crippen molar-refractivity contribution < 1.29 is 33.4 Å². The molecule has 0 spiro atoms. The molecule has 12 heteroatoms. The van der Waals surface area contributed by atoms with E-state index in [-0.39, 0.29) is 59.0 Å². The first-order valence-corrected chi connectivity index (χ1v) is 18.7. The van der Waals surface area contributed by atoms with Crippen LogP contribution >= 0.6 is 0 Å². The SMILES string of the molecule is COc1cc(-c2cn(C)c(=O)c3cnc(C4(C)CC4)cc23)cc(OC)c1CN1CC(Oc2ccc3c(c2)C(=O)N(C2CCC(=O)CCCCC2=O)C3=O)C1. The molecular weight excluding hydrogens is 688 g/mol. The molecule has 0 bridgehead atoms. The normalized spacial score (nSPS) is 20.3. The van der Waals surface area contributed by atoms with Crippen molar-refractivity contribution in [1.82, 2.24) is 19.4 Å². The van der Waals surface area contributed by atoms with Crippen LogP contribution in [0.5, 0.6) is 17.2 Å². The average Bonchev–Trinajstić information content (AvgIpc) is 3.85. The molecular formula is C42H44N4O8. The zero-order valence-electron chi connectivity index (χ0n) is 31.1. The molecule has 1 atom stereocenters. The predicted octanol–water partition coefficient (Wildman–Crippen LogP) is 5.39. The summed E-state index contributed by atoms with van der Waals surface area (Å²) in [6.45, 7) is 3.95. The first kappa shape index (κ1) is 35.7. The molecule has 0 radical (unpaired) electrons. The van der Waals surface area contributed by atoms with Gasteiger partial charge in [-0.05, 0) is 79.5 Å². The van der Waals surface area contributed by atoms with Gasteiger partial charge in [0.1, 0.15) is 29.1 Å². The Balaban J connectivity index is 0.973. The molecule has 2 aromatic carbocycles. The summed E-state index contributed by atoms with van der Waals surface area (Å²) in [5.41, 5.74) is 4.02. The first-order chi connectivity index (χ1) is 26.0. The number of rotatable bonds is 9. The van der Waals surface area contributed by atoms with Gasteiger partial charge in [0, 0.05) is 75.0 Å². The van der Waals surface area contributed by atoms with E-state index < -0.39 is 17.9 Å². The van der Waals surface area contributed by atoms with Gasteiger partial charge in [-0.3, -0.25) is 38.8 Å². The highest BCUT2D eigenvalue weighted by molar-refractivity contribution is 6.23. The summed E-state index contributed by atoms with van der Waals surface area (Å²) in [5, 5.41) is 1.41. The minimum Gasteiger partial charge on any atom is -0.496 e. The molecule has 3 fully saturated rings. The van der Waals surface area contributed by atoms with E-state index >= 15 is 0 Å². The van der Waals surface area contributed by atoms with E-state index in [0.29, 0.717) is 61.5 Å². The minimum absolute atomic E-state index is 0.0429. The standard InChI is InChI=1S/C42H44N4O8/c1-42(13-14-42)38-18-29-31(19-43-38)39(49)44(2)22-32(29)24-15-36(52-3)33(37(16-24)53-4)23-45-20-27(21-45)54-26-10-11-28-30(17-26)41(51)46(40(28)50)34-12-9-25(47)7-5-6-8-35(34)48/h10-11,15-19,22,27,34H,5-9,12-14,20-21,23H2,1-4H3. The summed E-state index contributed by atoms with van der Waals surface area (Å²) in [6, 6.07) is 9.94. The van der Waals surface area contributed by atoms with Crippen molar-refractivity contribution >= 4 is 34.2 Å². The van der Waals surface area contributed by atoms with Gasteiger partial charge < -0.3 is 18.8 Å². The molecule has 8 rings (SSSR count).